The van der Waals surface area contributed by atoms with Crippen LogP contribution in [0.15, 0.2) is 62.8 Å². The fourth-order valence-electron chi connectivity index (χ4n) is 2.80. The van der Waals surface area contributed by atoms with Gasteiger partial charge in [-0.05, 0) is 30.3 Å². The van der Waals surface area contributed by atoms with Gasteiger partial charge in [0.05, 0.1) is 16.6 Å². The average Bonchev–Trinajstić information content (AvgIpc) is 2.97. The Bertz CT molecular complexity index is 1430. The number of nitrogens with one attached hydrogen (secondary N) is 2. The lowest BCUT2D eigenvalue weighted by atomic mass is 10.3. The van der Waals surface area contributed by atoms with Crippen LogP contribution in [0.5, 0.6) is 0 Å². The van der Waals surface area contributed by atoms with Gasteiger partial charge in [0, 0.05) is 30.7 Å². The quantitative estimate of drug-likeness (QED) is 0.497. The van der Waals surface area contributed by atoms with E-state index in [0.29, 0.717) is 22.5 Å². The molecule has 11 heteroatoms. The van der Waals surface area contributed by atoms with Crippen molar-refractivity contribution >= 4 is 44.1 Å². The van der Waals surface area contributed by atoms with Crippen LogP contribution in [-0.4, -0.2) is 29.2 Å². The predicted molar refractivity (Wildman–Crippen MR) is 110 cm³/mol. The summed E-state index contributed by atoms with van der Waals surface area (Å²) in [7, 11) is -1.79. The van der Waals surface area contributed by atoms with Crippen molar-refractivity contribution in [3.63, 3.8) is 0 Å². The van der Waals surface area contributed by atoms with Gasteiger partial charge in [-0.2, -0.15) is 4.98 Å². The Morgan fingerprint density at radius 3 is 2.63 bits per heavy atom. The van der Waals surface area contributed by atoms with Gasteiger partial charge >= 0.3 is 5.76 Å². The third kappa shape index (κ3) is 3.87. The highest BCUT2D eigenvalue weighted by Crippen LogP contribution is 2.24. The first kappa shape index (κ1) is 19.6. The van der Waals surface area contributed by atoms with Gasteiger partial charge < -0.3 is 15.1 Å². The lowest BCUT2D eigenvalue weighted by molar-refractivity contribution is 0.528. The molecule has 4 aromatic rings. The molecule has 2 aromatic heterocycles. The van der Waals surface area contributed by atoms with E-state index in [1.807, 2.05) is 0 Å². The molecule has 0 aliphatic carbocycles. The number of benzene rings is 2. The van der Waals surface area contributed by atoms with Crippen LogP contribution in [0, 0.1) is 5.82 Å². The molecule has 0 saturated heterocycles. The smallest absolute Gasteiger partial charge is 0.408 e. The van der Waals surface area contributed by atoms with E-state index in [4.69, 9.17) is 4.42 Å². The van der Waals surface area contributed by atoms with Crippen LogP contribution in [0.4, 0.5) is 27.5 Å². The van der Waals surface area contributed by atoms with Crippen LogP contribution in [0.3, 0.4) is 0 Å². The zero-order chi connectivity index (χ0) is 21.5. The molecule has 0 atom stereocenters. The van der Waals surface area contributed by atoms with E-state index in [2.05, 4.69) is 20.6 Å². The van der Waals surface area contributed by atoms with Crippen LogP contribution in [0.25, 0.3) is 11.1 Å². The molecule has 4 rings (SSSR count). The van der Waals surface area contributed by atoms with Crippen LogP contribution in [0.1, 0.15) is 0 Å². The SMILES string of the molecule is Cn1c(=O)oc2cc(Nc3nc(Nc4cccc(S(C)(=O)=O)c4)ncc3F)ccc21. The second kappa shape index (κ2) is 7.26. The van der Waals surface area contributed by atoms with Crippen molar-refractivity contribution in [2.24, 2.45) is 7.05 Å². The molecule has 30 heavy (non-hydrogen) atoms. The summed E-state index contributed by atoms with van der Waals surface area (Å²) in [6.07, 6.45) is 2.09. The molecule has 2 aromatic carbocycles. The van der Waals surface area contributed by atoms with Gasteiger partial charge in [-0.25, -0.2) is 22.6 Å². The first-order valence-corrected chi connectivity index (χ1v) is 10.6. The maximum atomic E-state index is 14.2. The van der Waals surface area contributed by atoms with Gasteiger partial charge in [0.25, 0.3) is 0 Å². The lowest BCUT2D eigenvalue weighted by Crippen LogP contribution is -2.08. The van der Waals surface area contributed by atoms with Crippen molar-refractivity contribution in [3.05, 3.63) is 65.0 Å². The molecule has 2 heterocycles. The number of nitrogens with zero attached hydrogens (tertiary/aromatic N) is 3. The Balaban J connectivity index is 1.62. The third-order valence-corrected chi connectivity index (χ3v) is 5.43. The minimum atomic E-state index is -3.38. The number of oxazole rings is 1. The molecular weight excluding hydrogens is 413 g/mol. The molecule has 0 unspecified atom stereocenters. The highest BCUT2D eigenvalue weighted by atomic mass is 32.2. The monoisotopic (exact) mass is 429 g/mol. The van der Waals surface area contributed by atoms with E-state index in [1.165, 1.54) is 16.7 Å². The Kier molecular flexibility index (Phi) is 4.74. The van der Waals surface area contributed by atoms with Crippen LogP contribution in [-0.2, 0) is 16.9 Å². The molecule has 2 N–H and O–H groups in total. The van der Waals surface area contributed by atoms with Crippen LogP contribution >= 0.6 is 0 Å². The fraction of sp³-hybridized carbons (Fsp3) is 0.105. The summed E-state index contributed by atoms with van der Waals surface area (Å²) in [5, 5.41) is 5.68. The van der Waals surface area contributed by atoms with Gasteiger partial charge in [-0.15, -0.1) is 0 Å². The number of aromatic nitrogens is 3. The molecule has 0 saturated carbocycles. The van der Waals surface area contributed by atoms with E-state index < -0.39 is 21.4 Å². The van der Waals surface area contributed by atoms with Crippen molar-refractivity contribution in [1.82, 2.24) is 14.5 Å². The number of rotatable bonds is 5. The zero-order valence-corrected chi connectivity index (χ0v) is 16.7. The van der Waals surface area contributed by atoms with Crippen molar-refractivity contribution in [2.75, 3.05) is 16.9 Å². The third-order valence-electron chi connectivity index (χ3n) is 4.32. The summed E-state index contributed by atoms with van der Waals surface area (Å²) in [6, 6.07) is 11.0. The maximum absolute atomic E-state index is 14.2. The first-order valence-electron chi connectivity index (χ1n) is 8.67. The van der Waals surface area contributed by atoms with E-state index in [-0.39, 0.29) is 16.7 Å². The molecular formula is C19H16FN5O4S. The maximum Gasteiger partial charge on any atom is 0.419 e. The number of hydrogen-bond donors (Lipinski definition) is 2. The molecule has 0 spiro atoms. The van der Waals surface area contributed by atoms with Gasteiger partial charge in [-0.1, -0.05) is 6.07 Å². The Morgan fingerprint density at radius 2 is 1.87 bits per heavy atom. The molecule has 154 valence electrons. The summed E-state index contributed by atoms with van der Waals surface area (Å²) in [6.45, 7) is 0. The van der Waals surface area contributed by atoms with Crippen LogP contribution in [0.2, 0.25) is 0 Å². The number of sulfone groups is 1. The molecule has 0 aliphatic rings. The molecule has 0 fully saturated rings. The van der Waals surface area contributed by atoms with Crippen molar-refractivity contribution in [1.29, 1.82) is 0 Å². The minimum Gasteiger partial charge on any atom is -0.408 e. The lowest BCUT2D eigenvalue weighted by Gasteiger charge is -2.10. The normalized spacial score (nSPS) is 11.6. The molecule has 0 aliphatic heterocycles. The molecule has 9 nitrogen and oxygen atoms in total. The van der Waals surface area contributed by atoms with Gasteiger partial charge in [0.2, 0.25) is 5.95 Å². The van der Waals surface area contributed by atoms with E-state index in [0.717, 1.165) is 12.5 Å². The number of halogens is 1. The summed E-state index contributed by atoms with van der Waals surface area (Å²) >= 11 is 0. The second-order valence-corrected chi connectivity index (χ2v) is 8.57. The summed E-state index contributed by atoms with van der Waals surface area (Å²) in [5.74, 6) is -1.24. The Morgan fingerprint density at radius 1 is 1.10 bits per heavy atom. The Labute approximate surface area is 170 Å². The van der Waals surface area contributed by atoms with Crippen molar-refractivity contribution in [3.8, 4) is 0 Å². The average molecular weight is 429 g/mol. The standard InChI is InChI=1S/C19H16FN5O4S/c1-25-15-7-6-12(9-16(15)29-19(25)26)22-17-14(20)10-21-18(24-17)23-11-4-3-5-13(8-11)30(2,27)28/h3-10H,1-2H3,(H2,21,22,23,24). The van der Waals surface area contributed by atoms with Crippen molar-refractivity contribution < 1.29 is 17.2 Å². The summed E-state index contributed by atoms with van der Waals surface area (Å²) in [4.78, 5) is 19.7. The first-order chi connectivity index (χ1) is 14.2. The number of hydrogen-bond acceptors (Lipinski definition) is 8. The van der Waals surface area contributed by atoms with E-state index in [1.54, 1.807) is 37.4 Å². The zero-order valence-electron chi connectivity index (χ0n) is 15.9. The minimum absolute atomic E-state index is 0.0665. The van der Waals surface area contributed by atoms with Crippen molar-refractivity contribution in [2.45, 2.75) is 4.90 Å². The van der Waals surface area contributed by atoms with Gasteiger partial charge in [0.15, 0.2) is 27.1 Å². The highest BCUT2D eigenvalue weighted by Gasteiger charge is 2.12. The van der Waals surface area contributed by atoms with Crippen LogP contribution < -0.4 is 16.4 Å². The van der Waals surface area contributed by atoms with Gasteiger partial charge in [-0.3, -0.25) is 4.57 Å². The number of anilines is 4. The number of aryl methyl sites for hydroxylation is 1. The summed E-state index contributed by atoms with van der Waals surface area (Å²) < 4.78 is 44.1. The van der Waals surface area contributed by atoms with E-state index in [9.17, 15) is 17.6 Å². The molecule has 0 amide bonds. The van der Waals surface area contributed by atoms with E-state index >= 15 is 0 Å². The second-order valence-electron chi connectivity index (χ2n) is 6.55. The fourth-order valence-corrected chi connectivity index (χ4v) is 3.46. The number of fused-ring (bicyclic) bond motifs is 1. The highest BCUT2D eigenvalue weighted by molar-refractivity contribution is 7.90. The predicted octanol–water partition coefficient (Wildman–Crippen LogP) is 2.95. The summed E-state index contributed by atoms with van der Waals surface area (Å²) in [5.41, 5.74) is 1.84. The topological polar surface area (TPSA) is 119 Å². The molecule has 0 radical (unpaired) electrons. The van der Waals surface area contributed by atoms with Gasteiger partial charge in [0.1, 0.15) is 0 Å². The largest absolute Gasteiger partial charge is 0.419 e. The molecule has 0 bridgehead atoms. The Hall–Kier alpha value is -3.73.